The molecule has 4 aromatic rings. The largest absolute Gasteiger partial charge is 0.497 e. The van der Waals surface area contributed by atoms with Crippen LogP contribution in [0.1, 0.15) is 27.5 Å². The van der Waals surface area contributed by atoms with E-state index in [-0.39, 0.29) is 5.78 Å². The minimum atomic E-state index is -0.438. The van der Waals surface area contributed by atoms with Gasteiger partial charge in [0, 0.05) is 29.2 Å². The molecule has 2 N–H and O–H groups in total. The van der Waals surface area contributed by atoms with Crippen LogP contribution in [0.2, 0.25) is 0 Å². The average molecular weight is 370 g/mol. The monoisotopic (exact) mass is 370 g/mol. The summed E-state index contributed by atoms with van der Waals surface area (Å²) in [6.07, 6.45) is 1.80. The van der Waals surface area contributed by atoms with Crippen molar-refractivity contribution in [1.29, 1.82) is 0 Å². The highest BCUT2D eigenvalue weighted by atomic mass is 16.5. The van der Waals surface area contributed by atoms with Gasteiger partial charge in [0.2, 0.25) is 0 Å². The van der Waals surface area contributed by atoms with Crippen LogP contribution in [-0.4, -0.2) is 17.9 Å². The minimum Gasteiger partial charge on any atom is -0.497 e. The highest BCUT2D eigenvalue weighted by Gasteiger charge is 2.24. The van der Waals surface area contributed by atoms with Crippen molar-refractivity contribution in [2.75, 3.05) is 7.11 Å². The number of rotatable bonds is 7. The highest BCUT2D eigenvalue weighted by molar-refractivity contribution is 6.10. The average Bonchev–Trinajstić information content (AvgIpc) is 3.19. The van der Waals surface area contributed by atoms with Crippen molar-refractivity contribution in [3.63, 3.8) is 0 Å². The Morgan fingerprint density at radius 2 is 1.79 bits per heavy atom. The summed E-state index contributed by atoms with van der Waals surface area (Å²) in [4.78, 5) is 16.7. The van der Waals surface area contributed by atoms with Gasteiger partial charge >= 0.3 is 0 Å². The summed E-state index contributed by atoms with van der Waals surface area (Å²) in [5.41, 5.74) is 3.67. The van der Waals surface area contributed by atoms with Crippen molar-refractivity contribution >= 4 is 16.7 Å². The van der Waals surface area contributed by atoms with Crippen LogP contribution in [0.5, 0.6) is 5.75 Å². The van der Waals surface area contributed by atoms with Crippen molar-refractivity contribution in [1.82, 2.24) is 10.3 Å². The fraction of sp³-hybridized carbons (Fsp3) is 0.125. The second kappa shape index (κ2) is 8.11. The van der Waals surface area contributed by atoms with E-state index in [9.17, 15) is 4.79 Å². The van der Waals surface area contributed by atoms with E-state index in [2.05, 4.69) is 10.3 Å². The van der Waals surface area contributed by atoms with Crippen LogP contribution in [0.25, 0.3) is 10.9 Å². The number of Topliss-reactive ketones (excluding diaryl/α,β-unsaturated/α-hetero) is 1. The van der Waals surface area contributed by atoms with Crippen molar-refractivity contribution in [2.24, 2.45) is 0 Å². The maximum atomic E-state index is 13.5. The lowest BCUT2D eigenvalue weighted by Crippen LogP contribution is -2.28. The number of ketones is 1. The second-order valence-corrected chi connectivity index (χ2v) is 6.69. The molecule has 0 radical (unpaired) electrons. The molecule has 1 aromatic heterocycles. The smallest absolute Gasteiger partial charge is 0.186 e. The van der Waals surface area contributed by atoms with Gasteiger partial charge in [-0.15, -0.1) is 0 Å². The third kappa shape index (κ3) is 3.68. The predicted molar refractivity (Wildman–Crippen MR) is 112 cm³/mol. The predicted octanol–water partition coefficient (Wildman–Crippen LogP) is 4.89. The van der Waals surface area contributed by atoms with Crippen molar-refractivity contribution in [3.8, 4) is 5.75 Å². The molecule has 140 valence electrons. The molecule has 0 saturated heterocycles. The number of benzene rings is 3. The molecule has 0 bridgehead atoms. The first-order chi connectivity index (χ1) is 13.8. The molecule has 0 saturated carbocycles. The van der Waals surface area contributed by atoms with Crippen molar-refractivity contribution < 1.29 is 9.53 Å². The maximum absolute atomic E-state index is 13.5. The van der Waals surface area contributed by atoms with Gasteiger partial charge in [-0.2, -0.15) is 0 Å². The van der Waals surface area contributed by atoms with Crippen molar-refractivity contribution in [2.45, 2.75) is 12.6 Å². The molecule has 0 amide bonds. The summed E-state index contributed by atoms with van der Waals surface area (Å²) in [5.74, 6) is 0.852. The zero-order valence-electron chi connectivity index (χ0n) is 15.7. The van der Waals surface area contributed by atoms with E-state index in [1.54, 1.807) is 13.3 Å². The van der Waals surface area contributed by atoms with E-state index < -0.39 is 6.04 Å². The number of ether oxygens (including phenoxy) is 1. The van der Waals surface area contributed by atoms with E-state index in [0.717, 1.165) is 27.8 Å². The van der Waals surface area contributed by atoms with Crippen LogP contribution in [0.4, 0.5) is 0 Å². The fourth-order valence-corrected chi connectivity index (χ4v) is 3.44. The Morgan fingerprint density at radius 3 is 2.61 bits per heavy atom. The first-order valence-corrected chi connectivity index (χ1v) is 9.28. The van der Waals surface area contributed by atoms with Gasteiger partial charge in [-0.25, -0.2) is 0 Å². The SMILES string of the molecule is COc1cccc(CNC(C(=O)c2c[nH]c3ccccc23)c2ccccc2)c1. The Labute approximate surface area is 164 Å². The zero-order valence-corrected chi connectivity index (χ0v) is 15.7. The number of fused-ring (bicyclic) bond motifs is 1. The van der Waals surface area contributed by atoms with Gasteiger partial charge < -0.3 is 9.72 Å². The number of nitrogens with one attached hydrogen (secondary N) is 2. The van der Waals surface area contributed by atoms with Gasteiger partial charge in [0.25, 0.3) is 0 Å². The number of para-hydroxylation sites is 1. The summed E-state index contributed by atoms with van der Waals surface area (Å²) in [5, 5.41) is 4.38. The van der Waals surface area contributed by atoms with Gasteiger partial charge in [0.15, 0.2) is 5.78 Å². The molecule has 4 nitrogen and oxygen atoms in total. The van der Waals surface area contributed by atoms with Gasteiger partial charge in [-0.3, -0.25) is 10.1 Å². The van der Waals surface area contributed by atoms with Gasteiger partial charge in [-0.05, 0) is 29.3 Å². The Balaban J connectivity index is 1.64. The Hall–Kier alpha value is -3.37. The number of hydrogen-bond donors (Lipinski definition) is 2. The van der Waals surface area contributed by atoms with E-state index in [1.165, 1.54) is 0 Å². The van der Waals surface area contributed by atoms with Crippen LogP contribution < -0.4 is 10.1 Å². The molecule has 28 heavy (non-hydrogen) atoms. The van der Waals surface area contributed by atoms with Crippen LogP contribution >= 0.6 is 0 Å². The standard InChI is InChI=1S/C24H22N2O2/c1-28-19-11-7-8-17(14-19)15-26-23(18-9-3-2-4-10-18)24(27)21-16-25-22-13-6-5-12-20(21)22/h2-14,16,23,25-26H,15H2,1H3. The molecule has 0 aliphatic carbocycles. The molecule has 1 unspecified atom stereocenters. The molecule has 0 spiro atoms. The van der Waals surface area contributed by atoms with E-state index in [4.69, 9.17) is 4.74 Å². The van der Waals surface area contributed by atoms with E-state index in [0.29, 0.717) is 12.1 Å². The molecular formula is C24H22N2O2. The molecule has 0 aliphatic rings. The van der Waals surface area contributed by atoms with Crippen LogP contribution in [-0.2, 0) is 6.54 Å². The van der Waals surface area contributed by atoms with Crippen LogP contribution in [0, 0.1) is 0 Å². The normalized spacial score (nSPS) is 12.0. The van der Waals surface area contributed by atoms with E-state index >= 15 is 0 Å². The number of hydrogen-bond acceptors (Lipinski definition) is 3. The summed E-state index contributed by atoms with van der Waals surface area (Å²) in [6, 6.07) is 25.1. The number of aromatic amines is 1. The van der Waals surface area contributed by atoms with E-state index in [1.807, 2.05) is 78.9 Å². The molecule has 3 aromatic carbocycles. The third-order valence-corrected chi connectivity index (χ3v) is 4.89. The quantitative estimate of drug-likeness (QED) is 0.455. The summed E-state index contributed by atoms with van der Waals surface area (Å²) in [6.45, 7) is 0.560. The van der Waals surface area contributed by atoms with Crippen molar-refractivity contribution in [3.05, 3.63) is 102 Å². The molecular weight excluding hydrogens is 348 g/mol. The second-order valence-electron chi connectivity index (χ2n) is 6.69. The molecule has 0 fully saturated rings. The third-order valence-electron chi connectivity index (χ3n) is 4.89. The van der Waals surface area contributed by atoms with Gasteiger partial charge in [-0.1, -0.05) is 60.7 Å². The fourth-order valence-electron chi connectivity index (χ4n) is 3.44. The summed E-state index contributed by atoms with van der Waals surface area (Å²) >= 11 is 0. The Kier molecular flexibility index (Phi) is 5.22. The minimum absolute atomic E-state index is 0.0477. The zero-order chi connectivity index (χ0) is 19.3. The maximum Gasteiger partial charge on any atom is 0.186 e. The van der Waals surface area contributed by atoms with Gasteiger partial charge in [0.1, 0.15) is 5.75 Å². The molecule has 1 atom stereocenters. The number of methoxy groups -OCH3 is 1. The lowest BCUT2D eigenvalue weighted by atomic mass is 9.96. The lowest BCUT2D eigenvalue weighted by Gasteiger charge is -2.18. The number of carbonyl (C=O) groups is 1. The van der Waals surface area contributed by atoms with Crippen LogP contribution in [0.15, 0.2) is 85.1 Å². The summed E-state index contributed by atoms with van der Waals surface area (Å²) in [7, 11) is 1.65. The lowest BCUT2D eigenvalue weighted by molar-refractivity contribution is 0.0943. The van der Waals surface area contributed by atoms with Gasteiger partial charge in [0.05, 0.1) is 13.2 Å². The Morgan fingerprint density at radius 1 is 1.00 bits per heavy atom. The number of carbonyl (C=O) groups excluding carboxylic acids is 1. The Bertz CT molecular complexity index is 1090. The number of H-pyrrole nitrogens is 1. The number of aromatic nitrogens is 1. The topological polar surface area (TPSA) is 54.1 Å². The molecule has 4 heteroatoms. The molecule has 1 heterocycles. The summed E-state index contributed by atoms with van der Waals surface area (Å²) < 4.78 is 5.30. The highest BCUT2D eigenvalue weighted by Crippen LogP contribution is 2.25. The van der Waals surface area contributed by atoms with Crippen LogP contribution in [0.3, 0.4) is 0 Å². The first kappa shape index (κ1) is 18.0. The molecule has 4 rings (SSSR count). The first-order valence-electron chi connectivity index (χ1n) is 9.28. The molecule has 0 aliphatic heterocycles.